The summed E-state index contributed by atoms with van der Waals surface area (Å²) in [6.07, 6.45) is 0.959. The second-order valence-corrected chi connectivity index (χ2v) is 6.78. The van der Waals surface area contributed by atoms with Crippen LogP contribution in [-0.4, -0.2) is 74.7 Å². The van der Waals surface area contributed by atoms with Gasteiger partial charge in [-0.2, -0.15) is 0 Å². The maximum atomic E-state index is 5.92. The summed E-state index contributed by atoms with van der Waals surface area (Å²) < 4.78 is 0. The van der Waals surface area contributed by atoms with E-state index in [1.807, 2.05) is 12.1 Å². The molecule has 0 spiro atoms. The molecule has 0 aliphatic carbocycles. The van der Waals surface area contributed by atoms with Crippen LogP contribution < -0.4 is 10.6 Å². The second-order valence-electron chi connectivity index (χ2n) is 6.34. The highest BCUT2D eigenvalue weighted by Crippen LogP contribution is 2.09. The van der Waals surface area contributed by atoms with Crippen LogP contribution in [0.25, 0.3) is 0 Å². The van der Waals surface area contributed by atoms with Crippen molar-refractivity contribution in [2.24, 2.45) is 4.99 Å². The summed E-state index contributed by atoms with van der Waals surface area (Å²) in [7, 11) is 0. The molecule has 1 aliphatic heterocycles. The van der Waals surface area contributed by atoms with Crippen molar-refractivity contribution < 1.29 is 0 Å². The number of likely N-dealkylation sites (N-methyl/N-ethyl adjacent to an activating group) is 1. The first-order valence-corrected chi connectivity index (χ1v) is 9.80. The Morgan fingerprint density at radius 1 is 1.04 bits per heavy atom. The molecular formula is C19H33ClIN5. The topological polar surface area (TPSA) is 42.9 Å². The van der Waals surface area contributed by atoms with Crippen LogP contribution in [0.4, 0.5) is 0 Å². The molecule has 1 aromatic carbocycles. The maximum Gasteiger partial charge on any atom is 0.191 e. The molecule has 5 nitrogen and oxygen atoms in total. The number of halogens is 2. The van der Waals surface area contributed by atoms with Crippen LogP contribution in [0.1, 0.15) is 19.4 Å². The van der Waals surface area contributed by atoms with Gasteiger partial charge in [0.2, 0.25) is 0 Å². The fourth-order valence-electron chi connectivity index (χ4n) is 2.95. The van der Waals surface area contributed by atoms with Crippen molar-refractivity contribution in [1.82, 2.24) is 20.4 Å². The zero-order valence-electron chi connectivity index (χ0n) is 16.0. The Bertz CT molecular complexity index is 515. The third-order valence-corrected chi connectivity index (χ3v) is 4.81. The van der Waals surface area contributed by atoms with Gasteiger partial charge in [-0.15, -0.1) is 24.0 Å². The van der Waals surface area contributed by atoms with E-state index in [1.165, 1.54) is 18.7 Å². The molecule has 0 bridgehead atoms. The van der Waals surface area contributed by atoms with Crippen molar-refractivity contribution >= 4 is 41.5 Å². The normalized spacial score (nSPS) is 16.2. The molecule has 0 atom stereocenters. The Labute approximate surface area is 180 Å². The van der Waals surface area contributed by atoms with Gasteiger partial charge in [0.05, 0.1) is 6.54 Å². The van der Waals surface area contributed by atoms with Gasteiger partial charge in [0.25, 0.3) is 0 Å². The number of nitrogens with one attached hydrogen (secondary N) is 2. The predicted octanol–water partition coefficient (Wildman–Crippen LogP) is 2.69. The van der Waals surface area contributed by atoms with E-state index in [0.717, 1.165) is 63.2 Å². The van der Waals surface area contributed by atoms with Gasteiger partial charge < -0.3 is 15.5 Å². The van der Waals surface area contributed by atoms with Gasteiger partial charge in [0, 0.05) is 50.8 Å². The number of piperazine rings is 1. The van der Waals surface area contributed by atoms with E-state index in [9.17, 15) is 0 Å². The monoisotopic (exact) mass is 493 g/mol. The molecule has 1 saturated heterocycles. The summed E-state index contributed by atoms with van der Waals surface area (Å²) in [6.45, 7) is 13.8. The number of hydrogen-bond acceptors (Lipinski definition) is 3. The SMILES string of the molecule is CCNC(=NCCN1CCN(CC)CC1)NCCc1ccc(Cl)cc1.I. The largest absolute Gasteiger partial charge is 0.357 e. The van der Waals surface area contributed by atoms with Crippen LogP contribution in [0.2, 0.25) is 5.02 Å². The minimum atomic E-state index is 0. The lowest BCUT2D eigenvalue weighted by Gasteiger charge is -2.33. The summed E-state index contributed by atoms with van der Waals surface area (Å²) in [4.78, 5) is 9.72. The number of guanidine groups is 1. The van der Waals surface area contributed by atoms with Crippen LogP contribution in [0.3, 0.4) is 0 Å². The summed E-state index contributed by atoms with van der Waals surface area (Å²) >= 11 is 5.92. The van der Waals surface area contributed by atoms with Crippen LogP contribution in [0.15, 0.2) is 29.3 Å². The number of aliphatic imine (C=N–C) groups is 1. The zero-order valence-corrected chi connectivity index (χ0v) is 19.1. The molecule has 0 radical (unpaired) electrons. The van der Waals surface area contributed by atoms with Crippen molar-refractivity contribution in [3.05, 3.63) is 34.9 Å². The molecule has 1 fully saturated rings. The van der Waals surface area contributed by atoms with Gasteiger partial charge in [-0.3, -0.25) is 9.89 Å². The van der Waals surface area contributed by atoms with Crippen molar-refractivity contribution in [1.29, 1.82) is 0 Å². The van der Waals surface area contributed by atoms with Crippen molar-refractivity contribution in [3.63, 3.8) is 0 Å². The Morgan fingerprint density at radius 3 is 2.31 bits per heavy atom. The van der Waals surface area contributed by atoms with Gasteiger partial charge in [0.15, 0.2) is 5.96 Å². The third kappa shape index (κ3) is 8.88. The summed E-state index contributed by atoms with van der Waals surface area (Å²) in [5.41, 5.74) is 1.28. The molecular weight excluding hydrogens is 461 g/mol. The lowest BCUT2D eigenvalue weighted by Crippen LogP contribution is -2.47. The third-order valence-electron chi connectivity index (χ3n) is 4.56. The first-order chi connectivity index (χ1) is 12.2. The van der Waals surface area contributed by atoms with E-state index in [-0.39, 0.29) is 24.0 Å². The van der Waals surface area contributed by atoms with E-state index in [1.54, 1.807) is 0 Å². The zero-order chi connectivity index (χ0) is 17.9. The Kier molecular flexibility index (Phi) is 12.3. The van der Waals surface area contributed by atoms with Gasteiger partial charge in [-0.25, -0.2) is 0 Å². The minimum absolute atomic E-state index is 0. The van der Waals surface area contributed by atoms with E-state index < -0.39 is 0 Å². The van der Waals surface area contributed by atoms with Crippen molar-refractivity contribution in [2.75, 3.05) is 58.9 Å². The Morgan fingerprint density at radius 2 is 1.69 bits per heavy atom. The molecule has 26 heavy (non-hydrogen) atoms. The summed E-state index contributed by atoms with van der Waals surface area (Å²) in [6, 6.07) is 8.02. The van der Waals surface area contributed by atoms with Crippen LogP contribution in [0, 0.1) is 0 Å². The van der Waals surface area contributed by atoms with E-state index in [0.29, 0.717) is 0 Å². The fraction of sp³-hybridized carbons (Fsp3) is 0.632. The lowest BCUT2D eigenvalue weighted by atomic mass is 10.1. The van der Waals surface area contributed by atoms with Gasteiger partial charge in [-0.05, 0) is 37.6 Å². The fourth-order valence-corrected chi connectivity index (χ4v) is 3.08. The Balaban J connectivity index is 0.00000338. The van der Waals surface area contributed by atoms with E-state index >= 15 is 0 Å². The lowest BCUT2D eigenvalue weighted by molar-refractivity contribution is 0.140. The molecule has 0 unspecified atom stereocenters. The highest BCUT2D eigenvalue weighted by molar-refractivity contribution is 14.0. The number of rotatable bonds is 8. The average Bonchev–Trinajstić information content (AvgIpc) is 2.64. The first-order valence-electron chi connectivity index (χ1n) is 9.42. The second kappa shape index (κ2) is 13.6. The number of hydrogen-bond donors (Lipinski definition) is 2. The van der Waals surface area contributed by atoms with Crippen molar-refractivity contribution in [3.8, 4) is 0 Å². The number of benzene rings is 1. The molecule has 2 N–H and O–H groups in total. The van der Waals surface area contributed by atoms with Crippen LogP contribution in [-0.2, 0) is 6.42 Å². The highest BCUT2D eigenvalue weighted by Gasteiger charge is 2.14. The quantitative estimate of drug-likeness (QED) is 0.332. The molecule has 0 saturated carbocycles. The van der Waals surface area contributed by atoms with E-state index in [4.69, 9.17) is 16.6 Å². The summed E-state index contributed by atoms with van der Waals surface area (Å²) in [5.74, 6) is 0.906. The average molecular weight is 494 g/mol. The minimum Gasteiger partial charge on any atom is -0.357 e. The molecule has 0 aromatic heterocycles. The van der Waals surface area contributed by atoms with Gasteiger partial charge in [-0.1, -0.05) is 30.7 Å². The Hall–Kier alpha value is -0.570. The molecule has 7 heteroatoms. The smallest absolute Gasteiger partial charge is 0.191 e. The molecule has 148 valence electrons. The highest BCUT2D eigenvalue weighted by atomic mass is 127. The summed E-state index contributed by atoms with van der Waals surface area (Å²) in [5, 5.41) is 7.52. The number of nitrogens with zero attached hydrogens (tertiary/aromatic N) is 3. The van der Waals surface area contributed by atoms with Crippen LogP contribution in [0.5, 0.6) is 0 Å². The first kappa shape index (κ1) is 23.5. The predicted molar refractivity (Wildman–Crippen MR) is 123 cm³/mol. The van der Waals surface area contributed by atoms with E-state index in [2.05, 4.69) is 46.4 Å². The van der Waals surface area contributed by atoms with Crippen molar-refractivity contribution in [2.45, 2.75) is 20.3 Å². The van der Waals surface area contributed by atoms with Gasteiger partial charge >= 0.3 is 0 Å². The molecule has 1 aliphatic rings. The van der Waals surface area contributed by atoms with Gasteiger partial charge in [0.1, 0.15) is 0 Å². The molecule has 1 heterocycles. The maximum absolute atomic E-state index is 5.92. The molecule has 0 amide bonds. The molecule has 1 aromatic rings. The molecule has 2 rings (SSSR count). The van der Waals surface area contributed by atoms with Crippen LogP contribution >= 0.6 is 35.6 Å². The standard InChI is InChI=1S/C19H32ClN5.HI/c1-3-21-19(22-10-9-17-5-7-18(20)8-6-17)23-11-12-25-15-13-24(4-2)14-16-25;/h5-8H,3-4,9-16H2,1-2H3,(H2,21,22,23);1H.